The molecule has 1 heterocycles. The summed E-state index contributed by atoms with van der Waals surface area (Å²) >= 11 is 12.2. The van der Waals surface area contributed by atoms with Gasteiger partial charge in [-0.15, -0.1) is 0 Å². The molecule has 2 rings (SSSR count). The molecular formula is C14H19Cl2NO2. The Kier molecular flexibility index (Phi) is 5.34. The molecule has 1 fully saturated rings. The standard InChI is InChI=1S/C14H19Cl2NO2/c1-19-14-10(7-11(15)8-13(14)16)9-17-5-2-3-12(18)4-6-17/h7-8,12,18H,2-6,9H2,1H3/t12-/m0/s1. The fourth-order valence-corrected chi connectivity index (χ4v) is 3.11. The van der Waals surface area contributed by atoms with Crippen LogP contribution in [-0.2, 0) is 6.54 Å². The Labute approximate surface area is 124 Å². The van der Waals surface area contributed by atoms with E-state index in [0.29, 0.717) is 15.8 Å². The second kappa shape index (κ2) is 6.80. The van der Waals surface area contributed by atoms with Crippen LogP contribution < -0.4 is 4.74 Å². The van der Waals surface area contributed by atoms with Gasteiger partial charge in [0.25, 0.3) is 0 Å². The molecule has 1 aliphatic rings. The summed E-state index contributed by atoms with van der Waals surface area (Å²) < 4.78 is 5.36. The highest BCUT2D eigenvalue weighted by molar-refractivity contribution is 6.35. The molecular weight excluding hydrogens is 285 g/mol. The minimum atomic E-state index is -0.171. The minimum Gasteiger partial charge on any atom is -0.495 e. The number of halogens is 2. The third-order valence-corrected chi connectivity index (χ3v) is 3.97. The van der Waals surface area contributed by atoms with E-state index in [1.54, 1.807) is 13.2 Å². The van der Waals surface area contributed by atoms with E-state index in [9.17, 15) is 5.11 Å². The lowest BCUT2D eigenvalue weighted by Crippen LogP contribution is -2.25. The van der Waals surface area contributed by atoms with Crippen molar-refractivity contribution in [2.45, 2.75) is 31.9 Å². The van der Waals surface area contributed by atoms with E-state index in [4.69, 9.17) is 27.9 Å². The van der Waals surface area contributed by atoms with Gasteiger partial charge in [-0.3, -0.25) is 4.90 Å². The van der Waals surface area contributed by atoms with Crippen LogP contribution in [0.15, 0.2) is 12.1 Å². The Balaban J connectivity index is 2.13. The second-order valence-electron chi connectivity index (χ2n) is 4.94. The highest BCUT2D eigenvalue weighted by atomic mass is 35.5. The lowest BCUT2D eigenvalue weighted by molar-refractivity contribution is 0.154. The van der Waals surface area contributed by atoms with Crippen LogP contribution in [0, 0.1) is 0 Å². The Bertz CT molecular complexity index is 440. The Morgan fingerprint density at radius 1 is 1.32 bits per heavy atom. The zero-order valence-corrected chi connectivity index (χ0v) is 12.5. The third-order valence-electron chi connectivity index (χ3n) is 3.47. The summed E-state index contributed by atoms with van der Waals surface area (Å²) in [7, 11) is 1.62. The Morgan fingerprint density at radius 2 is 2.11 bits per heavy atom. The fraction of sp³-hybridized carbons (Fsp3) is 0.571. The van der Waals surface area contributed by atoms with Gasteiger partial charge in [-0.05, 0) is 37.9 Å². The van der Waals surface area contributed by atoms with Gasteiger partial charge in [-0.1, -0.05) is 23.2 Å². The molecule has 0 bridgehead atoms. The molecule has 0 unspecified atom stereocenters. The van der Waals surface area contributed by atoms with Crippen molar-refractivity contribution in [2.24, 2.45) is 0 Å². The monoisotopic (exact) mass is 303 g/mol. The van der Waals surface area contributed by atoms with Crippen LogP contribution in [0.5, 0.6) is 5.75 Å². The van der Waals surface area contributed by atoms with Gasteiger partial charge in [0.2, 0.25) is 0 Å². The number of hydrogen-bond acceptors (Lipinski definition) is 3. The third kappa shape index (κ3) is 3.99. The summed E-state index contributed by atoms with van der Waals surface area (Å²) in [5.41, 5.74) is 0.997. The molecule has 0 aliphatic carbocycles. The van der Waals surface area contributed by atoms with Crippen LogP contribution in [0.4, 0.5) is 0 Å². The van der Waals surface area contributed by atoms with Gasteiger partial charge in [-0.25, -0.2) is 0 Å². The van der Waals surface area contributed by atoms with E-state index >= 15 is 0 Å². The minimum absolute atomic E-state index is 0.171. The number of hydrogen-bond donors (Lipinski definition) is 1. The smallest absolute Gasteiger partial charge is 0.142 e. The van der Waals surface area contributed by atoms with E-state index in [1.165, 1.54) is 0 Å². The predicted molar refractivity (Wildman–Crippen MR) is 78.1 cm³/mol. The fourth-order valence-electron chi connectivity index (χ4n) is 2.50. The lowest BCUT2D eigenvalue weighted by atomic mass is 10.1. The molecule has 1 aromatic carbocycles. The van der Waals surface area contributed by atoms with E-state index < -0.39 is 0 Å². The highest BCUT2D eigenvalue weighted by Gasteiger charge is 2.17. The first-order valence-corrected chi connectivity index (χ1v) is 7.28. The number of ether oxygens (including phenoxy) is 1. The summed E-state index contributed by atoms with van der Waals surface area (Å²) in [5, 5.41) is 10.8. The SMILES string of the molecule is COc1c(Cl)cc(Cl)cc1CN1CCC[C@H](O)CC1. The van der Waals surface area contributed by atoms with Crippen LogP contribution in [0.25, 0.3) is 0 Å². The predicted octanol–water partition coefficient (Wildman–Crippen LogP) is 3.35. The van der Waals surface area contributed by atoms with Crippen LogP contribution in [0.1, 0.15) is 24.8 Å². The first kappa shape index (κ1) is 14.9. The summed E-state index contributed by atoms with van der Waals surface area (Å²) in [5.74, 6) is 0.691. The molecule has 5 heteroatoms. The maximum absolute atomic E-state index is 9.67. The number of nitrogens with zero attached hydrogens (tertiary/aromatic N) is 1. The summed E-state index contributed by atoms with van der Waals surface area (Å²) in [6.45, 7) is 2.61. The molecule has 1 aromatic rings. The van der Waals surface area contributed by atoms with Gasteiger partial charge in [-0.2, -0.15) is 0 Å². The Hall–Kier alpha value is -0.480. The lowest BCUT2D eigenvalue weighted by Gasteiger charge is -2.21. The molecule has 1 atom stereocenters. The number of aliphatic hydroxyl groups is 1. The highest BCUT2D eigenvalue weighted by Crippen LogP contribution is 2.33. The maximum atomic E-state index is 9.67. The molecule has 106 valence electrons. The molecule has 1 aliphatic heterocycles. The van der Waals surface area contributed by atoms with Gasteiger partial charge < -0.3 is 9.84 Å². The van der Waals surface area contributed by atoms with Crippen LogP contribution in [0.2, 0.25) is 10.0 Å². The van der Waals surface area contributed by atoms with E-state index in [0.717, 1.165) is 44.5 Å². The van der Waals surface area contributed by atoms with Crippen LogP contribution >= 0.6 is 23.2 Å². The normalized spacial score (nSPS) is 21.2. The van der Waals surface area contributed by atoms with Crippen molar-refractivity contribution in [3.05, 3.63) is 27.7 Å². The van der Waals surface area contributed by atoms with Crippen LogP contribution in [-0.4, -0.2) is 36.3 Å². The molecule has 19 heavy (non-hydrogen) atoms. The maximum Gasteiger partial charge on any atom is 0.142 e. The van der Waals surface area contributed by atoms with Crippen molar-refractivity contribution in [3.8, 4) is 5.75 Å². The zero-order valence-electron chi connectivity index (χ0n) is 11.0. The van der Waals surface area contributed by atoms with Crippen molar-refractivity contribution >= 4 is 23.2 Å². The van der Waals surface area contributed by atoms with Gasteiger partial charge in [0, 0.05) is 23.7 Å². The molecule has 3 nitrogen and oxygen atoms in total. The molecule has 0 spiro atoms. The summed E-state index contributed by atoms with van der Waals surface area (Å²) in [6.07, 6.45) is 2.54. The van der Waals surface area contributed by atoms with Crippen molar-refractivity contribution in [1.29, 1.82) is 0 Å². The van der Waals surface area contributed by atoms with Crippen molar-refractivity contribution in [1.82, 2.24) is 4.90 Å². The quantitative estimate of drug-likeness (QED) is 0.929. The number of benzene rings is 1. The van der Waals surface area contributed by atoms with Crippen molar-refractivity contribution in [2.75, 3.05) is 20.2 Å². The molecule has 0 saturated carbocycles. The zero-order chi connectivity index (χ0) is 13.8. The first-order valence-electron chi connectivity index (χ1n) is 6.52. The van der Waals surface area contributed by atoms with E-state index in [2.05, 4.69) is 4.90 Å². The molecule has 0 radical (unpaired) electrons. The summed E-state index contributed by atoms with van der Waals surface area (Å²) in [4.78, 5) is 2.31. The topological polar surface area (TPSA) is 32.7 Å². The summed E-state index contributed by atoms with van der Waals surface area (Å²) in [6, 6.07) is 3.59. The van der Waals surface area contributed by atoms with Gasteiger partial charge in [0.05, 0.1) is 18.2 Å². The van der Waals surface area contributed by atoms with Gasteiger partial charge in [0.1, 0.15) is 5.75 Å². The van der Waals surface area contributed by atoms with E-state index in [1.807, 2.05) is 6.07 Å². The number of rotatable bonds is 3. The number of aliphatic hydroxyl groups excluding tert-OH is 1. The average Bonchev–Trinajstić information content (AvgIpc) is 2.54. The van der Waals surface area contributed by atoms with Crippen molar-refractivity contribution in [3.63, 3.8) is 0 Å². The number of likely N-dealkylation sites (tertiary alicyclic amines) is 1. The first-order chi connectivity index (χ1) is 9.10. The van der Waals surface area contributed by atoms with Crippen LogP contribution in [0.3, 0.4) is 0 Å². The van der Waals surface area contributed by atoms with Crippen molar-refractivity contribution < 1.29 is 9.84 Å². The molecule has 1 N–H and O–H groups in total. The van der Waals surface area contributed by atoms with Gasteiger partial charge >= 0.3 is 0 Å². The number of methoxy groups -OCH3 is 1. The second-order valence-corrected chi connectivity index (χ2v) is 5.78. The van der Waals surface area contributed by atoms with Gasteiger partial charge in [0.15, 0.2) is 0 Å². The van der Waals surface area contributed by atoms with E-state index in [-0.39, 0.29) is 6.10 Å². The molecule has 0 amide bonds. The Morgan fingerprint density at radius 3 is 2.84 bits per heavy atom. The average molecular weight is 304 g/mol. The largest absolute Gasteiger partial charge is 0.495 e. The molecule has 0 aromatic heterocycles. The molecule has 1 saturated heterocycles.